The summed E-state index contributed by atoms with van der Waals surface area (Å²) < 4.78 is 7.99. The number of carbonyl (C=O) groups excluding carboxylic acids is 1. The van der Waals surface area contributed by atoms with Crippen LogP contribution in [0.4, 0.5) is 0 Å². The summed E-state index contributed by atoms with van der Waals surface area (Å²) >= 11 is 5.69. The highest BCUT2D eigenvalue weighted by molar-refractivity contribution is 6.29. The molecule has 0 unspecified atom stereocenters. The molecule has 3 rings (SSSR count). The summed E-state index contributed by atoms with van der Waals surface area (Å²) in [7, 11) is 0. The lowest BCUT2D eigenvalue weighted by Crippen LogP contribution is -2.28. The molecule has 0 bridgehead atoms. The molecule has 0 aliphatic carbocycles. The zero-order chi connectivity index (χ0) is 16.2. The van der Waals surface area contributed by atoms with Crippen LogP contribution in [0.2, 0.25) is 5.15 Å². The second-order valence-electron chi connectivity index (χ2n) is 5.47. The monoisotopic (exact) mass is 336 g/mol. The first-order chi connectivity index (χ1) is 11.1. The summed E-state index contributed by atoms with van der Waals surface area (Å²) in [4.78, 5) is 28.1. The Morgan fingerprint density at radius 3 is 2.96 bits per heavy atom. The number of fused-ring (bicyclic) bond motifs is 1. The molecule has 8 heteroatoms. The number of carbonyl (C=O) groups is 1. The summed E-state index contributed by atoms with van der Waals surface area (Å²) in [6.45, 7) is 0.574. The van der Waals surface area contributed by atoms with Gasteiger partial charge in [0.05, 0.1) is 0 Å². The Hall–Kier alpha value is -2.15. The predicted octanol–water partition coefficient (Wildman–Crippen LogP) is 1.56. The molecule has 1 aliphatic rings. The van der Waals surface area contributed by atoms with Crippen molar-refractivity contribution in [3.8, 4) is 0 Å². The third-order valence-corrected chi connectivity index (χ3v) is 3.97. The molecule has 0 radical (unpaired) electrons. The molecular formula is C15H17ClN4O3. The van der Waals surface area contributed by atoms with E-state index in [0.29, 0.717) is 11.7 Å². The van der Waals surface area contributed by atoms with Gasteiger partial charge in [-0.25, -0.2) is 14.5 Å². The molecule has 2 aromatic rings. The quantitative estimate of drug-likeness (QED) is 0.625. The van der Waals surface area contributed by atoms with Crippen LogP contribution in [0.3, 0.4) is 0 Å². The Balaban J connectivity index is 1.62. The van der Waals surface area contributed by atoms with Gasteiger partial charge in [0, 0.05) is 24.7 Å². The van der Waals surface area contributed by atoms with Crippen LogP contribution in [-0.2, 0) is 35.6 Å². The Morgan fingerprint density at radius 2 is 2.17 bits per heavy atom. The number of pyridine rings is 1. The van der Waals surface area contributed by atoms with Crippen LogP contribution >= 0.6 is 11.6 Å². The highest BCUT2D eigenvalue weighted by Crippen LogP contribution is 2.10. The maximum Gasteiger partial charge on any atom is 0.346 e. The van der Waals surface area contributed by atoms with Gasteiger partial charge in [0.1, 0.15) is 24.1 Å². The predicted molar refractivity (Wildman–Crippen MR) is 83.1 cm³/mol. The molecule has 0 amide bonds. The van der Waals surface area contributed by atoms with Crippen molar-refractivity contribution in [2.24, 2.45) is 0 Å². The van der Waals surface area contributed by atoms with Crippen LogP contribution in [-0.4, -0.2) is 25.3 Å². The van der Waals surface area contributed by atoms with Crippen LogP contribution in [0.25, 0.3) is 0 Å². The van der Waals surface area contributed by atoms with Crippen LogP contribution < -0.4 is 5.69 Å². The van der Waals surface area contributed by atoms with Gasteiger partial charge in [-0.05, 0) is 18.9 Å². The maximum atomic E-state index is 12.2. The number of hydrogen-bond donors (Lipinski definition) is 0. The highest BCUT2D eigenvalue weighted by atomic mass is 35.5. The van der Waals surface area contributed by atoms with Gasteiger partial charge in [-0.2, -0.15) is 5.10 Å². The van der Waals surface area contributed by atoms with Crippen molar-refractivity contribution >= 4 is 17.6 Å². The van der Waals surface area contributed by atoms with Gasteiger partial charge in [-0.1, -0.05) is 24.1 Å². The van der Waals surface area contributed by atoms with E-state index in [1.807, 2.05) is 0 Å². The minimum Gasteiger partial charge on any atom is -0.459 e. The van der Waals surface area contributed by atoms with E-state index in [9.17, 15) is 9.59 Å². The zero-order valence-electron chi connectivity index (χ0n) is 12.6. The van der Waals surface area contributed by atoms with Crippen LogP contribution in [0, 0.1) is 0 Å². The fourth-order valence-electron chi connectivity index (χ4n) is 2.55. The largest absolute Gasteiger partial charge is 0.459 e. The van der Waals surface area contributed by atoms with E-state index in [2.05, 4.69) is 10.1 Å². The van der Waals surface area contributed by atoms with Gasteiger partial charge in [-0.15, -0.1) is 0 Å². The molecule has 0 N–H and O–H groups in total. The molecular weight excluding hydrogens is 320 g/mol. The minimum atomic E-state index is -0.504. The molecule has 0 fully saturated rings. The van der Waals surface area contributed by atoms with E-state index in [4.69, 9.17) is 16.3 Å². The number of hydrogen-bond acceptors (Lipinski definition) is 5. The SMILES string of the molecule is O=C(Cn1nc2n(c1=O)CCCCC2)OCc1ccc(Cl)nc1. The van der Waals surface area contributed by atoms with Crippen LogP contribution in [0.5, 0.6) is 0 Å². The third kappa shape index (κ3) is 3.79. The van der Waals surface area contributed by atoms with Crippen molar-refractivity contribution in [3.05, 3.63) is 45.4 Å². The van der Waals surface area contributed by atoms with Gasteiger partial charge >= 0.3 is 11.7 Å². The fraction of sp³-hybridized carbons (Fsp3) is 0.467. The highest BCUT2D eigenvalue weighted by Gasteiger charge is 2.17. The van der Waals surface area contributed by atoms with E-state index >= 15 is 0 Å². The molecule has 0 saturated carbocycles. The second-order valence-corrected chi connectivity index (χ2v) is 5.86. The van der Waals surface area contributed by atoms with E-state index in [1.165, 1.54) is 4.68 Å². The summed E-state index contributed by atoms with van der Waals surface area (Å²) in [5.41, 5.74) is 0.489. The number of aromatic nitrogens is 4. The van der Waals surface area contributed by atoms with Crippen molar-refractivity contribution in [2.45, 2.75) is 45.4 Å². The lowest BCUT2D eigenvalue weighted by molar-refractivity contribution is -0.146. The van der Waals surface area contributed by atoms with Gasteiger partial charge in [-0.3, -0.25) is 9.36 Å². The van der Waals surface area contributed by atoms with Crippen LogP contribution in [0.15, 0.2) is 23.1 Å². The molecule has 23 heavy (non-hydrogen) atoms. The smallest absolute Gasteiger partial charge is 0.346 e. The van der Waals surface area contributed by atoms with E-state index < -0.39 is 5.97 Å². The number of halogens is 1. The van der Waals surface area contributed by atoms with Crippen molar-refractivity contribution in [1.82, 2.24) is 19.3 Å². The lowest BCUT2D eigenvalue weighted by Gasteiger charge is -2.04. The molecule has 7 nitrogen and oxygen atoms in total. The molecule has 0 spiro atoms. The van der Waals surface area contributed by atoms with E-state index in [1.54, 1.807) is 22.9 Å². The summed E-state index contributed by atoms with van der Waals surface area (Å²) in [6, 6.07) is 3.36. The standard InChI is InChI=1S/C15H17ClN4O3/c16-12-6-5-11(8-17-12)10-23-14(21)9-20-15(22)19-7-3-1-2-4-13(19)18-20/h5-6,8H,1-4,7,9-10H2. The number of nitrogens with zero attached hydrogens (tertiary/aromatic N) is 4. The van der Waals surface area contributed by atoms with Crippen molar-refractivity contribution in [3.63, 3.8) is 0 Å². The summed E-state index contributed by atoms with van der Waals surface area (Å²) in [5.74, 6) is 0.248. The Morgan fingerprint density at radius 1 is 1.30 bits per heavy atom. The van der Waals surface area contributed by atoms with Gasteiger partial charge in [0.25, 0.3) is 0 Å². The number of aryl methyl sites for hydroxylation is 1. The molecule has 0 aromatic carbocycles. The molecule has 3 heterocycles. The van der Waals surface area contributed by atoms with Crippen LogP contribution in [0.1, 0.15) is 30.7 Å². The van der Waals surface area contributed by atoms with Crippen molar-refractivity contribution in [1.29, 1.82) is 0 Å². The molecule has 0 saturated heterocycles. The van der Waals surface area contributed by atoms with Gasteiger partial charge in [0.2, 0.25) is 0 Å². The van der Waals surface area contributed by atoms with E-state index in [-0.39, 0.29) is 18.8 Å². The maximum absolute atomic E-state index is 12.2. The summed E-state index contributed by atoms with van der Waals surface area (Å²) in [6.07, 6.45) is 5.39. The van der Waals surface area contributed by atoms with Crippen molar-refractivity contribution in [2.75, 3.05) is 0 Å². The first kappa shape index (κ1) is 15.7. The normalized spacial score (nSPS) is 14.1. The third-order valence-electron chi connectivity index (χ3n) is 3.75. The fourth-order valence-corrected chi connectivity index (χ4v) is 2.66. The van der Waals surface area contributed by atoms with Crippen molar-refractivity contribution < 1.29 is 9.53 Å². The first-order valence-electron chi connectivity index (χ1n) is 7.56. The second kappa shape index (κ2) is 6.95. The first-order valence-corrected chi connectivity index (χ1v) is 7.94. The average Bonchev–Trinajstić information content (AvgIpc) is 2.72. The molecule has 2 aromatic heterocycles. The Labute approximate surface area is 137 Å². The number of esters is 1. The summed E-state index contributed by atoms with van der Waals surface area (Å²) in [5, 5.41) is 4.63. The van der Waals surface area contributed by atoms with Gasteiger partial charge < -0.3 is 4.74 Å². The number of ether oxygens (including phenoxy) is 1. The van der Waals surface area contributed by atoms with E-state index in [0.717, 1.165) is 37.1 Å². The molecule has 122 valence electrons. The molecule has 1 aliphatic heterocycles. The van der Waals surface area contributed by atoms with Gasteiger partial charge in [0.15, 0.2) is 0 Å². The lowest BCUT2D eigenvalue weighted by atomic mass is 10.2. The molecule has 0 atom stereocenters. The minimum absolute atomic E-state index is 0.0886. The average molecular weight is 337 g/mol. The number of rotatable bonds is 4. The Kier molecular flexibility index (Phi) is 4.76. The zero-order valence-corrected chi connectivity index (χ0v) is 13.3. The Bertz CT molecular complexity index is 751. The topological polar surface area (TPSA) is 79.0 Å².